The number of pyridine rings is 2. The summed E-state index contributed by atoms with van der Waals surface area (Å²) in [5, 5.41) is 5.51. The predicted molar refractivity (Wildman–Crippen MR) is 189 cm³/mol. The monoisotopic (exact) mass is 586 g/mol. The van der Waals surface area contributed by atoms with E-state index < -0.39 is 0 Å². The Morgan fingerprint density at radius 2 is 0.935 bits per heavy atom. The van der Waals surface area contributed by atoms with E-state index in [0.717, 1.165) is 72.0 Å². The van der Waals surface area contributed by atoms with Crippen molar-refractivity contribution in [1.82, 2.24) is 19.9 Å². The van der Waals surface area contributed by atoms with Crippen LogP contribution in [0, 0.1) is 0 Å². The fourth-order valence-electron chi connectivity index (χ4n) is 6.36. The van der Waals surface area contributed by atoms with Gasteiger partial charge in [0.25, 0.3) is 0 Å². The summed E-state index contributed by atoms with van der Waals surface area (Å²) in [7, 11) is 0. The summed E-state index contributed by atoms with van der Waals surface area (Å²) in [6.45, 7) is 0. The summed E-state index contributed by atoms with van der Waals surface area (Å²) in [6.07, 6.45) is 0. The third-order valence-electron chi connectivity index (χ3n) is 8.65. The first kappa shape index (κ1) is 26.2. The number of para-hydroxylation sites is 1. The van der Waals surface area contributed by atoms with Crippen molar-refractivity contribution in [3.63, 3.8) is 0 Å². The molecule has 0 aliphatic carbocycles. The van der Waals surface area contributed by atoms with E-state index in [4.69, 9.17) is 19.9 Å². The lowest BCUT2D eigenvalue weighted by Crippen LogP contribution is -1.96. The van der Waals surface area contributed by atoms with Gasteiger partial charge >= 0.3 is 0 Å². The van der Waals surface area contributed by atoms with Crippen LogP contribution < -0.4 is 0 Å². The highest BCUT2D eigenvalue weighted by Gasteiger charge is 2.15. The quantitative estimate of drug-likeness (QED) is 0.193. The highest BCUT2D eigenvalue weighted by Crippen LogP contribution is 2.35. The number of nitrogens with zero attached hydrogens (tertiary/aromatic N) is 4. The van der Waals surface area contributed by atoms with E-state index in [1.807, 2.05) is 30.3 Å². The molecule has 0 radical (unpaired) electrons. The van der Waals surface area contributed by atoms with E-state index >= 15 is 0 Å². The van der Waals surface area contributed by atoms with Gasteiger partial charge in [-0.25, -0.2) is 19.9 Å². The third kappa shape index (κ3) is 4.47. The first-order chi connectivity index (χ1) is 22.8. The second-order valence-electron chi connectivity index (χ2n) is 11.5. The summed E-state index contributed by atoms with van der Waals surface area (Å²) in [5.74, 6) is 0.684. The van der Waals surface area contributed by atoms with E-state index in [9.17, 15) is 0 Å². The van der Waals surface area contributed by atoms with Gasteiger partial charge in [0.1, 0.15) is 0 Å². The maximum Gasteiger partial charge on any atom is 0.160 e. The van der Waals surface area contributed by atoms with Gasteiger partial charge in [-0.1, -0.05) is 133 Å². The summed E-state index contributed by atoms with van der Waals surface area (Å²) in [4.78, 5) is 20.5. The van der Waals surface area contributed by atoms with E-state index in [1.54, 1.807) is 0 Å². The molecular formula is C42H26N4. The molecule has 4 nitrogen and oxygen atoms in total. The molecule has 0 saturated carbocycles. The highest BCUT2D eigenvalue weighted by molar-refractivity contribution is 6.05. The molecular weight excluding hydrogens is 560 g/mol. The van der Waals surface area contributed by atoms with Crippen molar-refractivity contribution in [1.29, 1.82) is 0 Å². The van der Waals surface area contributed by atoms with Gasteiger partial charge < -0.3 is 0 Å². The molecule has 6 aromatic carbocycles. The molecule has 0 amide bonds. The Kier molecular flexibility index (Phi) is 6.10. The fraction of sp³-hybridized carbons (Fsp3) is 0. The molecule has 0 spiro atoms. The number of rotatable bonds is 4. The molecule has 9 aromatic rings. The highest BCUT2D eigenvalue weighted by atomic mass is 14.9. The number of hydrogen-bond acceptors (Lipinski definition) is 4. The Morgan fingerprint density at radius 3 is 1.74 bits per heavy atom. The van der Waals surface area contributed by atoms with Gasteiger partial charge in [0, 0.05) is 38.4 Å². The molecule has 46 heavy (non-hydrogen) atoms. The summed E-state index contributed by atoms with van der Waals surface area (Å²) in [5.41, 5.74) is 9.56. The number of hydrogen-bond donors (Lipinski definition) is 0. The standard InChI is InChI=1S/C42H26N4/c1-2-11-28(12-3-1)36-24-22-29-20-21-30-23-25-37(44-40(30)39(29)43-36)31-14-8-15-32(26-31)42-45-38-19-7-6-17-35(38)41(46-42)34-18-9-13-27-10-4-5-16-33(27)34/h1-26H. The number of fused-ring (bicyclic) bond motifs is 5. The molecule has 0 aliphatic heterocycles. The predicted octanol–water partition coefficient (Wildman–Crippen LogP) is 10.5. The average molecular weight is 587 g/mol. The zero-order valence-corrected chi connectivity index (χ0v) is 24.8. The molecule has 0 aliphatic rings. The molecule has 0 atom stereocenters. The second-order valence-corrected chi connectivity index (χ2v) is 11.5. The first-order valence-corrected chi connectivity index (χ1v) is 15.4. The molecule has 9 rings (SSSR count). The lowest BCUT2D eigenvalue weighted by atomic mass is 9.99. The van der Waals surface area contributed by atoms with Crippen LogP contribution in [0.3, 0.4) is 0 Å². The van der Waals surface area contributed by atoms with Gasteiger partial charge in [-0.05, 0) is 35.0 Å². The normalized spacial score (nSPS) is 11.5. The minimum absolute atomic E-state index is 0.684. The van der Waals surface area contributed by atoms with Crippen LogP contribution >= 0.6 is 0 Å². The van der Waals surface area contributed by atoms with Crippen molar-refractivity contribution in [2.24, 2.45) is 0 Å². The molecule has 0 fully saturated rings. The van der Waals surface area contributed by atoms with Crippen LogP contribution in [0.5, 0.6) is 0 Å². The van der Waals surface area contributed by atoms with E-state index in [0.29, 0.717) is 5.82 Å². The van der Waals surface area contributed by atoms with Crippen molar-refractivity contribution in [3.8, 4) is 45.2 Å². The van der Waals surface area contributed by atoms with Crippen molar-refractivity contribution in [3.05, 3.63) is 158 Å². The first-order valence-electron chi connectivity index (χ1n) is 15.4. The topological polar surface area (TPSA) is 51.6 Å². The zero-order chi connectivity index (χ0) is 30.5. The van der Waals surface area contributed by atoms with Crippen LogP contribution in [0.25, 0.3) is 88.6 Å². The molecule has 0 unspecified atom stereocenters. The van der Waals surface area contributed by atoms with Crippen molar-refractivity contribution in [2.45, 2.75) is 0 Å². The maximum absolute atomic E-state index is 5.21. The summed E-state index contributed by atoms with van der Waals surface area (Å²) >= 11 is 0. The molecule has 4 heteroatoms. The van der Waals surface area contributed by atoms with Crippen molar-refractivity contribution in [2.75, 3.05) is 0 Å². The third-order valence-corrected chi connectivity index (χ3v) is 8.65. The smallest absolute Gasteiger partial charge is 0.160 e. The Labute approximate surface area is 265 Å². The van der Waals surface area contributed by atoms with Crippen LogP contribution in [0.4, 0.5) is 0 Å². The van der Waals surface area contributed by atoms with Crippen LogP contribution in [0.2, 0.25) is 0 Å². The van der Waals surface area contributed by atoms with Crippen LogP contribution in [0.15, 0.2) is 158 Å². The molecule has 3 aromatic heterocycles. The minimum Gasteiger partial charge on any atom is -0.245 e. The van der Waals surface area contributed by atoms with Gasteiger partial charge in [-0.3, -0.25) is 0 Å². The van der Waals surface area contributed by atoms with Crippen LogP contribution in [-0.4, -0.2) is 19.9 Å². The van der Waals surface area contributed by atoms with Gasteiger partial charge in [0.2, 0.25) is 0 Å². The lowest BCUT2D eigenvalue weighted by molar-refractivity contribution is 1.23. The zero-order valence-electron chi connectivity index (χ0n) is 24.8. The van der Waals surface area contributed by atoms with Gasteiger partial charge in [0.15, 0.2) is 5.82 Å². The van der Waals surface area contributed by atoms with Crippen molar-refractivity contribution >= 4 is 43.5 Å². The van der Waals surface area contributed by atoms with Gasteiger partial charge in [-0.2, -0.15) is 0 Å². The van der Waals surface area contributed by atoms with E-state index in [-0.39, 0.29) is 0 Å². The number of benzene rings is 6. The van der Waals surface area contributed by atoms with Crippen molar-refractivity contribution < 1.29 is 0 Å². The Bertz CT molecular complexity index is 2590. The minimum atomic E-state index is 0.684. The average Bonchev–Trinajstić information content (AvgIpc) is 3.14. The molecule has 0 bridgehead atoms. The number of aromatic nitrogens is 4. The van der Waals surface area contributed by atoms with E-state index in [1.165, 1.54) is 10.8 Å². The second kappa shape index (κ2) is 10.7. The largest absolute Gasteiger partial charge is 0.245 e. The Hall–Kier alpha value is -6.26. The molecule has 0 saturated heterocycles. The SMILES string of the molecule is c1ccc(-c2ccc3ccc4ccc(-c5cccc(-c6nc(-c7cccc8ccccc78)c7ccccc7n6)c5)nc4c3n2)cc1. The Balaban J connectivity index is 1.19. The van der Waals surface area contributed by atoms with Gasteiger partial charge in [-0.15, -0.1) is 0 Å². The Morgan fingerprint density at radius 1 is 0.348 bits per heavy atom. The maximum atomic E-state index is 5.21. The van der Waals surface area contributed by atoms with Crippen LogP contribution in [0.1, 0.15) is 0 Å². The molecule has 0 N–H and O–H groups in total. The van der Waals surface area contributed by atoms with Gasteiger partial charge in [0.05, 0.1) is 33.6 Å². The molecule has 214 valence electrons. The summed E-state index contributed by atoms with van der Waals surface area (Å²) < 4.78 is 0. The van der Waals surface area contributed by atoms with Crippen LogP contribution in [-0.2, 0) is 0 Å². The fourth-order valence-corrected chi connectivity index (χ4v) is 6.36. The lowest BCUT2D eigenvalue weighted by Gasteiger charge is -2.12. The van der Waals surface area contributed by atoms with E-state index in [2.05, 4.69) is 127 Å². The summed E-state index contributed by atoms with van der Waals surface area (Å²) in [6, 6.07) is 54.4. The molecule has 3 heterocycles.